The van der Waals surface area contributed by atoms with Gasteiger partial charge in [0.05, 0.1) is 0 Å². The molecule has 0 aromatic carbocycles. The molecule has 0 aliphatic heterocycles. The minimum absolute atomic E-state index is 0.0887. The summed E-state index contributed by atoms with van der Waals surface area (Å²) >= 11 is 0. The summed E-state index contributed by atoms with van der Waals surface area (Å²) in [4.78, 5) is 0. The maximum absolute atomic E-state index is 12.6. The molecule has 2 atom stereocenters. The lowest BCUT2D eigenvalue weighted by atomic mass is 9.64. The summed E-state index contributed by atoms with van der Waals surface area (Å²) in [5.41, 5.74) is -6.61. The third-order valence-electron chi connectivity index (χ3n) is 1.97. The zero-order chi connectivity index (χ0) is 8.44. The van der Waals surface area contributed by atoms with Gasteiger partial charge in [0.25, 0.3) is 5.67 Å². The van der Waals surface area contributed by atoms with Crippen molar-refractivity contribution in [2.45, 2.75) is 11.3 Å². The summed E-state index contributed by atoms with van der Waals surface area (Å²) < 4.78 is 61.5. The molecule has 2 aliphatic carbocycles. The normalized spacial score (nSPS) is 47.5. The van der Waals surface area contributed by atoms with Crippen molar-refractivity contribution < 1.29 is 22.0 Å². The molecule has 0 amide bonds. The smallest absolute Gasteiger partial charge is 0.227 e. The third-order valence-corrected chi connectivity index (χ3v) is 1.97. The first-order chi connectivity index (χ1) is 4.94. The highest BCUT2D eigenvalue weighted by Gasteiger charge is 2.78. The Hall–Kier alpha value is -0.870. The maximum atomic E-state index is 12.6. The molecule has 0 heterocycles. The van der Waals surface area contributed by atoms with Crippen LogP contribution >= 0.6 is 0 Å². The zero-order valence-corrected chi connectivity index (χ0v) is 4.97. The van der Waals surface area contributed by atoms with Crippen molar-refractivity contribution >= 4 is 0 Å². The van der Waals surface area contributed by atoms with E-state index in [0.717, 1.165) is 0 Å². The number of fused-ring (bicyclic) bond motifs is 1. The molecule has 0 N–H and O–H groups in total. The van der Waals surface area contributed by atoms with Gasteiger partial charge in [0, 0.05) is 0 Å². The molecule has 2 aliphatic rings. The van der Waals surface area contributed by atoms with E-state index >= 15 is 0 Å². The zero-order valence-electron chi connectivity index (χ0n) is 4.97. The van der Waals surface area contributed by atoms with Gasteiger partial charge in [-0.05, 0) is 6.08 Å². The Balaban J connectivity index is 2.56. The lowest BCUT2D eigenvalue weighted by molar-refractivity contribution is -0.0513. The predicted molar refractivity (Wildman–Crippen MR) is 26.1 cm³/mol. The summed E-state index contributed by atoms with van der Waals surface area (Å²) in [6.45, 7) is 0. The summed E-state index contributed by atoms with van der Waals surface area (Å²) in [5, 5.41) is 0. The molecule has 60 valence electrons. The summed E-state index contributed by atoms with van der Waals surface area (Å²) in [5.74, 6) is -5.44. The van der Waals surface area contributed by atoms with Crippen LogP contribution in [0.1, 0.15) is 0 Å². The number of alkyl halides is 2. The molecule has 0 nitrogen and oxygen atoms in total. The molecule has 11 heavy (non-hydrogen) atoms. The van der Waals surface area contributed by atoms with E-state index < -0.39 is 28.8 Å². The van der Waals surface area contributed by atoms with Crippen LogP contribution in [0, 0.1) is 0 Å². The molecule has 0 fully saturated rings. The molecule has 0 aromatic rings. The second-order valence-corrected chi connectivity index (χ2v) is 2.49. The van der Waals surface area contributed by atoms with Crippen molar-refractivity contribution in [3.8, 4) is 0 Å². The lowest BCUT2D eigenvalue weighted by Crippen LogP contribution is -2.63. The van der Waals surface area contributed by atoms with Crippen molar-refractivity contribution in [1.82, 2.24) is 0 Å². The van der Waals surface area contributed by atoms with Crippen LogP contribution in [-0.4, -0.2) is 11.3 Å². The van der Waals surface area contributed by atoms with Crippen LogP contribution in [0.15, 0.2) is 23.6 Å². The van der Waals surface area contributed by atoms with E-state index in [1.54, 1.807) is 0 Å². The fraction of sp³-hybridized carbons (Fsp3) is 0.333. The fourth-order valence-electron chi connectivity index (χ4n) is 1.20. The Kier molecular flexibility index (Phi) is 0.838. The van der Waals surface area contributed by atoms with Crippen LogP contribution in [0.25, 0.3) is 0 Å². The van der Waals surface area contributed by atoms with Crippen molar-refractivity contribution in [3.63, 3.8) is 0 Å². The van der Waals surface area contributed by atoms with Gasteiger partial charge < -0.3 is 0 Å². The van der Waals surface area contributed by atoms with E-state index in [4.69, 9.17) is 0 Å². The molecule has 5 heteroatoms. The summed E-state index contributed by atoms with van der Waals surface area (Å²) in [6, 6.07) is 0. The summed E-state index contributed by atoms with van der Waals surface area (Å²) in [6.07, 6.45) is 0.0887. The lowest BCUT2D eigenvalue weighted by Gasteiger charge is -2.48. The van der Waals surface area contributed by atoms with Crippen LogP contribution in [0.5, 0.6) is 0 Å². The van der Waals surface area contributed by atoms with Crippen molar-refractivity contribution in [2.24, 2.45) is 0 Å². The highest BCUT2D eigenvalue weighted by atomic mass is 19.2. The Morgan fingerprint density at radius 1 is 1.00 bits per heavy atom. The Morgan fingerprint density at radius 3 is 1.82 bits per heavy atom. The number of halogens is 5. The van der Waals surface area contributed by atoms with Gasteiger partial charge in [-0.2, -0.15) is 0 Å². The van der Waals surface area contributed by atoms with Gasteiger partial charge in [-0.25, -0.2) is 22.0 Å². The topological polar surface area (TPSA) is 0 Å². The fourth-order valence-corrected chi connectivity index (χ4v) is 1.20. The number of hydrogen-bond acceptors (Lipinski definition) is 0. The first-order valence-electron chi connectivity index (χ1n) is 2.77. The Bertz CT molecular complexity index is 304. The van der Waals surface area contributed by atoms with E-state index in [0.29, 0.717) is 0 Å². The second kappa shape index (κ2) is 1.35. The predicted octanol–water partition coefficient (Wildman–Crippen LogP) is 2.43. The minimum Gasteiger partial charge on any atom is -0.227 e. The number of hydrogen-bond donors (Lipinski definition) is 0. The number of rotatable bonds is 0. The van der Waals surface area contributed by atoms with Crippen molar-refractivity contribution in [2.75, 3.05) is 0 Å². The van der Waals surface area contributed by atoms with Crippen LogP contribution < -0.4 is 0 Å². The minimum atomic E-state index is -3.45. The molecular weight excluding hydrogens is 167 g/mol. The third kappa shape index (κ3) is 0.376. The van der Waals surface area contributed by atoms with E-state index in [2.05, 4.69) is 0 Å². The average molecular weight is 168 g/mol. The molecule has 0 bridgehead atoms. The van der Waals surface area contributed by atoms with E-state index in [-0.39, 0.29) is 6.08 Å². The van der Waals surface area contributed by atoms with Crippen LogP contribution in [0.2, 0.25) is 0 Å². The molecule has 2 unspecified atom stereocenters. The highest BCUT2D eigenvalue weighted by molar-refractivity contribution is 5.61. The van der Waals surface area contributed by atoms with E-state index in [9.17, 15) is 22.0 Å². The molecule has 0 saturated heterocycles. The molecule has 0 aromatic heterocycles. The molecule has 0 spiro atoms. The van der Waals surface area contributed by atoms with Gasteiger partial charge in [0.2, 0.25) is 5.67 Å². The Labute approximate surface area is 58.0 Å². The maximum Gasteiger partial charge on any atom is 0.259 e. The highest BCUT2D eigenvalue weighted by Crippen LogP contribution is 2.65. The van der Waals surface area contributed by atoms with Gasteiger partial charge >= 0.3 is 0 Å². The van der Waals surface area contributed by atoms with E-state index in [1.165, 1.54) is 0 Å². The van der Waals surface area contributed by atoms with Gasteiger partial charge in [0.1, 0.15) is 5.83 Å². The monoisotopic (exact) mass is 168 g/mol. The van der Waals surface area contributed by atoms with Crippen molar-refractivity contribution in [3.05, 3.63) is 23.6 Å². The van der Waals surface area contributed by atoms with Gasteiger partial charge in [-0.15, -0.1) is 0 Å². The van der Waals surface area contributed by atoms with Crippen LogP contribution in [0.3, 0.4) is 0 Å². The van der Waals surface area contributed by atoms with Gasteiger partial charge in [-0.3, -0.25) is 0 Å². The van der Waals surface area contributed by atoms with Crippen LogP contribution in [-0.2, 0) is 0 Å². The van der Waals surface area contributed by atoms with E-state index in [1.807, 2.05) is 0 Å². The largest absolute Gasteiger partial charge is 0.259 e. The summed E-state index contributed by atoms with van der Waals surface area (Å²) in [7, 11) is 0. The first-order valence-corrected chi connectivity index (χ1v) is 2.77. The Morgan fingerprint density at radius 2 is 1.55 bits per heavy atom. The quantitative estimate of drug-likeness (QED) is 0.487. The molecular formula is C6HF5. The molecule has 2 rings (SSSR count). The SMILES string of the molecule is FC1=CC2(F)C(F)=C(F)C12F. The second-order valence-electron chi connectivity index (χ2n) is 2.49. The first kappa shape index (κ1) is 6.82. The van der Waals surface area contributed by atoms with Gasteiger partial charge in [0.15, 0.2) is 11.7 Å². The molecule has 0 saturated carbocycles. The average Bonchev–Trinajstić information content (AvgIpc) is 2.00. The van der Waals surface area contributed by atoms with Crippen LogP contribution in [0.4, 0.5) is 22.0 Å². The van der Waals surface area contributed by atoms with Gasteiger partial charge in [-0.1, -0.05) is 0 Å². The van der Waals surface area contributed by atoms with Crippen molar-refractivity contribution in [1.29, 1.82) is 0 Å². The standard InChI is InChI=1S/C6HF5/c7-2-1-5(10)3(8)4(9)6(2,5)11/h1H. The molecule has 0 radical (unpaired) electrons. The number of allylic oxidation sites excluding steroid dienone is 4.